The molecular formula is C78H50N4O2. The van der Waals surface area contributed by atoms with Crippen LogP contribution in [0.25, 0.3) is 126 Å². The van der Waals surface area contributed by atoms with Crippen LogP contribution in [0.3, 0.4) is 0 Å². The Morgan fingerprint density at radius 1 is 0.417 bits per heavy atom. The molecule has 2 aliphatic rings. The quantitative estimate of drug-likeness (QED) is 0.128. The van der Waals surface area contributed by atoms with E-state index in [2.05, 4.69) is 262 Å². The maximum Gasteiger partial charge on any atom is 0.159 e. The number of allylic oxidation sites excluding steroid dienone is 8. The summed E-state index contributed by atoms with van der Waals surface area (Å²) in [7, 11) is 0. The summed E-state index contributed by atoms with van der Waals surface area (Å²) >= 11 is 0. The number of fused-ring (bicyclic) bond motifs is 18. The standard InChI is InChI=1S/C78H50N4O2/c1-2-3-4-12-41-79(69-33-17-31-61-55-25-8-10-35-73(55)83-77(61)69)53-23-13-19-48(42-53)50-37-39-67-63(44-50)57-27-15-29-59-65-47-72-66(46-71(65)81(67)75(57)59)60-30-16-28-58-64-45-51(38-40-68(64)82(72)76(58)60)49-20-14-24-54(43-49)80(52-21-6-5-7-22-52)70-34-18-32-62-56-26-9-11-36-74(56)84-78(62)70/h2-43,45-47,63H,1,44H2/b4-3-,41-12+. The van der Waals surface area contributed by atoms with Gasteiger partial charge in [0.1, 0.15) is 11.2 Å². The second-order valence-corrected chi connectivity index (χ2v) is 22.4. The first-order chi connectivity index (χ1) is 41.6. The third kappa shape index (κ3) is 6.73. The molecule has 6 heterocycles. The molecule has 0 radical (unpaired) electrons. The van der Waals surface area contributed by atoms with Crippen LogP contribution in [-0.2, 0) is 0 Å². The number of nitrogens with zero attached hydrogens (tertiary/aromatic N) is 4. The molecule has 394 valence electrons. The lowest BCUT2D eigenvalue weighted by Gasteiger charge is -2.26. The first-order valence-electron chi connectivity index (χ1n) is 28.9. The zero-order chi connectivity index (χ0) is 55.1. The van der Waals surface area contributed by atoms with Crippen LogP contribution in [-0.4, -0.2) is 8.97 Å². The number of benzene rings is 11. The highest BCUT2D eigenvalue weighted by Crippen LogP contribution is 2.53. The number of anilines is 5. The number of aromatic nitrogens is 2. The number of hydrogen-bond acceptors (Lipinski definition) is 4. The Balaban J connectivity index is 0.726. The molecule has 11 aromatic carbocycles. The highest BCUT2D eigenvalue weighted by atomic mass is 16.3. The molecule has 0 saturated heterocycles. The molecule has 0 bridgehead atoms. The van der Waals surface area contributed by atoms with E-state index in [1.54, 1.807) is 6.08 Å². The van der Waals surface area contributed by atoms with Crippen LogP contribution in [0.2, 0.25) is 0 Å². The van der Waals surface area contributed by atoms with Gasteiger partial charge in [-0.3, -0.25) is 0 Å². The first kappa shape index (κ1) is 46.6. The Bertz CT molecular complexity index is 5580. The molecule has 1 unspecified atom stereocenters. The molecule has 1 aliphatic heterocycles. The zero-order valence-electron chi connectivity index (χ0n) is 45.6. The van der Waals surface area contributed by atoms with Crippen LogP contribution in [0, 0.1) is 0 Å². The van der Waals surface area contributed by atoms with Crippen LogP contribution in [0.15, 0.2) is 289 Å². The fraction of sp³-hybridized carbons (Fsp3) is 0.0256. The summed E-state index contributed by atoms with van der Waals surface area (Å²) in [6.45, 7) is 3.89. The van der Waals surface area contributed by atoms with Crippen molar-refractivity contribution in [2.24, 2.45) is 0 Å². The van der Waals surface area contributed by atoms with Crippen LogP contribution >= 0.6 is 0 Å². The van der Waals surface area contributed by atoms with Gasteiger partial charge < -0.3 is 27.6 Å². The van der Waals surface area contributed by atoms with Crippen molar-refractivity contribution in [3.63, 3.8) is 0 Å². The second-order valence-electron chi connectivity index (χ2n) is 22.4. The molecule has 0 saturated carbocycles. The Labute approximate surface area is 482 Å². The minimum Gasteiger partial charge on any atom is -0.454 e. The van der Waals surface area contributed by atoms with Gasteiger partial charge in [-0.2, -0.15) is 0 Å². The monoisotopic (exact) mass is 1070 g/mol. The largest absolute Gasteiger partial charge is 0.454 e. The van der Waals surface area contributed by atoms with Gasteiger partial charge in [-0.25, -0.2) is 0 Å². The van der Waals surface area contributed by atoms with E-state index in [9.17, 15) is 0 Å². The summed E-state index contributed by atoms with van der Waals surface area (Å²) in [4.78, 5) is 4.56. The van der Waals surface area contributed by atoms with Gasteiger partial charge in [0.05, 0.1) is 39.0 Å². The van der Waals surface area contributed by atoms with Gasteiger partial charge >= 0.3 is 0 Å². The molecule has 0 N–H and O–H groups in total. The summed E-state index contributed by atoms with van der Waals surface area (Å²) in [5, 5.41) is 12.0. The van der Waals surface area contributed by atoms with Gasteiger partial charge in [0.2, 0.25) is 0 Å². The Morgan fingerprint density at radius 2 is 1.00 bits per heavy atom. The van der Waals surface area contributed by atoms with Crippen LogP contribution in [0.5, 0.6) is 0 Å². The summed E-state index contributed by atoms with van der Waals surface area (Å²) in [5.41, 5.74) is 22.5. The molecule has 1 aliphatic carbocycles. The number of rotatable bonds is 10. The first-order valence-corrected chi connectivity index (χ1v) is 28.9. The minimum absolute atomic E-state index is 0.220. The van der Waals surface area contributed by atoms with Gasteiger partial charge in [0, 0.05) is 88.7 Å². The van der Waals surface area contributed by atoms with Crippen LogP contribution in [0.4, 0.5) is 28.4 Å². The van der Waals surface area contributed by atoms with E-state index in [0.717, 1.165) is 84.3 Å². The van der Waals surface area contributed by atoms with Crippen molar-refractivity contribution in [3.05, 3.63) is 291 Å². The van der Waals surface area contributed by atoms with Crippen molar-refractivity contribution >= 4 is 143 Å². The van der Waals surface area contributed by atoms with E-state index in [4.69, 9.17) is 8.83 Å². The molecule has 18 rings (SSSR count). The maximum atomic E-state index is 6.63. The third-order valence-corrected chi connectivity index (χ3v) is 17.9. The van der Waals surface area contributed by atoms with Crippen molar-refractivity contribution in [3.8, 4) is 11.1 Å². The molecular weight excluding hydrogens is 1020 g/mol. The molecule has 0 fully saturated rings. The van der Waals surface area contributed by atoms with E-state index in [-0.39, 0.29) is 5.92 Å². The molecule has 5 aromatic heterocycles. The lowest BCUT2D eigenvalue weighted by molar-refractivity contribution is 0.668. The summed E-state index contributed by atoms with van der Waals surface area (Å²) in [5.74, 6) is 0.220. The van der Waals surface area contributed by atoms with Crippen LogP contribution in [0.1, 0.15) is 23.5 Å². The van der Waals surface area contributed by atoms with Gasteiger partial charge in [-0.05, 0) is 131 Å². The van der Waals surface area contributed by atoms with E-state index in [1.165, 1.54) is 87.9 Å². The van der Waals surface area contributed by atoms with Crippen LogP contribution < -0.4 is 9.80 Å². The van der Waals surface area contributed by atoms with E-state index in [0.29, 0.717) is 0 Å². The number of hydrogen-bond donors (Lipinski definition) is 0. The fourth-order valence-corrected chi connectivity index (χ4v) is 14.3. The van der Waals surface area contributed by atoms with Gasteiger partial charge in [0.25, 0.3) is 0 Å². The van der Waals surface area contributed by atoms with E-state index in [1.807, 2.05) is 30.4 Å². The average Bonchev–Trinajstić information content (AvgIpc) is 3.55. The molecule has 0 amide bonds. The van der Waals surface area contributed by atoms with Crippen molar-refractivity contribution < 1.29 is 8.83 Å². The Hall–Kier alpha value is -11.1. The SMILES string of the molecule is C=C/C=C\C=C\N(c1cccc(C2=CC=C3C(C2)c2cccc4c5cc6c(cc5n3c24)c2cccc3c4cc(-c5cccc(N(c7ccccc7)c7cccc8c7oc7ccccc78)c5)ccc4n6c32)c1)c1cccc2c1oc1ccccc12. The number of para-hydroxylation sites is 7. The van der Waals surface area contributed by atoms with Crippen molar-refractivity contribution in [1.82, 2.24) is 8.97 Å². The molecule has 1 atom stereocenters. The fourth-order valence-electron chi connectivity index (χ4n) is 14.3. The maximum absolute atomic E-state index is 6.63. The highest BCUT2D eigenvalue weighted by molar-refractivity contribution is 6.27. The smallest absolute Gasteiger partial charge is 0.159 e. The molecule has 0 spiro atoms. The number of furan rings is 2. The lowest BCUT2D eigenvalue weighted by atomic mass is 9.84. The molecule has 6 nitrogen and oxygen atoms in total. The highest BCUT2D eigenvalue weighted by Gasteiger charge is 2.35. The minimum atomic E-state index is 0.220. The van der Waals surface area contributed by atoms with Gasteiger partial charge in [-0.15, -0.1) is 0 Å². The molecule has 6 heteroatoms. The second kappa shape index (κ2) is 18.0. The van der Waals surface area contributed by atoms with Crippen molar-refractivity contribution in [2.45, 2.75) is 12.3 Å². The molecule has 84 heavy (non-hydrogen) atoms. The van der Waals surface area contributed by atoms with Gasteiger partial charge in [0.15, 0.2) is 11.2 Å². The summed E-state index contributed by atoms with van der Waals surface area (Å²) in [6.07, 6.45) is 15.6. The Kier molecular flexibility index (Phi) is 9.97. The average molecular weight is 1080 g/mol. The zero-order valence-corrected chi connectivity index (χ0v) is 45.6. The predicted octanol–water partition coefficient (Wildman–Crippen LogP) is 21.7. The van der Waals surface area contributed by atoms with Gasteiger partial charge in [-0.1, -0.05) is 176 Å². The van der Waals surface area contributed by atoms with E-state index < -0.39 is 0 Å². The predicted molar refractivity (Wildman–Crippen MR) is 352 cm³/mol. The topological polar surface area (TPSA) is 42.1 Å². The third-order valence-electron chi connectivity index (χ3n) is 17.9. The normalized spacial score (nSPS) is 14.4. The Morgan fingerprint density at radius 3 is 1.79 bits per heavy atom. The summed E-state index contributed by atoms with van der Waals surface area (Å²) in [6, 6.07) is 83.8. The van der Waals surface area contributed by atoms with Crippen molar-refractivity contribution in [2.75, 3.05) is 9.80 Å². The van der Waals surface area contributed by atoms with Crippen molar-refractivity contribution in [1.29, 1.82) is 0 Å². The lowest BCUT2D eigenvalue weighted by Crippen LogP contribution is -2.10. The molecule has 16 aromatic rings. The van der Waals surface area contributed by atoms with E-state index >= 15 is 0 Å². The summed E-state index contributed by atoms with van der Waals surface area (Å²) < 4.78 is 18.3.